The zero-order chi connectivity index (χ0) is 8.13. The summed E-state index contributed by atoms with van der Waals surface area (Å²) < 4.78 is 1.82. The molecule has 0 aliphatic carbocycles. The molecule has 0 amide bonds. The standard InChI is InChI=1S/C8H7N4/c9-12-10-7-3-1-2-6-4-5-11(12)8(6)7/h1-5H,(H2,9,10)/q+1. The lowest BCUT2D eigenvalue weighted by molar-refractivity contribution is -0.761. The molecule has 4 heteroatoms. The minimum atomic E-state index is 0.931. The molecule has 0 fully saturated rings. The van der Waals surface area contributed by atoms with Gasteiger partial charge in [-0.05, 0) is 12.1 Å². The van der Waals surface area contributed by atoms with Gasteiger partial charge in [-0.25, -0.2) is 0 Å². The van der Waals surface area contributed by atoms with Crippen molar-refractivity contribution < 1.29 is 4.91 Å². The Kier molecular flexibility index (Phi) is 0.798. The Bertz CT molecular complexity index is 539. The van der Waals surface area contributed by atoms with E-state index in [0.717, 1.165) is 11.0 Å². The van der Waals surface area contributed by atoms with Gasteiger partial charge >= 0.3 is 0 Å². The molecule has 0 saturated heterocycles. The first-order valence-electron chi connectivity index (χ1n) is 3.73. The SMILES string of the molecule is N[n+]1nc2cccc3ccn1c32. The molecule has 3 rings (SSSR count). The Labute approximate surface area is 68.1 Å². The molecule has 2 aromatic heterocycles. The molecule has 0 spiro atoms. The Morgan fingerprint density at radius 2 is 2.25 bits per heavy atom. The number of hydrogen-bond donors (Lipinski definition) is 1. The van der Waals surface area contributed by atoms with E-state index in [9.17, 15) is 0 Å². The minimum Gasteiger partial charge on any atom is -0.156 e. The maximum atomic E-state index is 5.61. The van der Waals surface area contributed by atoms with E-state index in [2.05, 4.69) is 5.10 Å². The van der Waals surface area contributed by atoms with Gasteiger partial charge in [0.25, 0.3) is 0 Å². The number of hydrogen-bond acceptors (Lipinski definition) is 2. The minimum absolute atomic E-state index is 0.931. The molecule has 12 heavy (non-hydrogen) atoms. The van der Waals surface area contributed by atoms with Crippen molar-refractivity contribution in [2.24, 2.45) is 0 Å². The van der Waals surface area contributed by atoms with Crippen LogP contribution in [0.15, 0.2) is 30.5 Å². The highest BCUT2D eigenvalue weighted by atomic mass is 15.7. The number of para-hydroxylation sites is 1. The molecule has 2 heterocycles. The predicted octanol–water partition coefficient (Wildman–Crippen LogP) is -0.0734. The average Bonchev–Trinajstić information content (AvgIpc) is 2.60. The van der Waals surface area contributed by atoms with Crippen molar-refractivity contribution in [3.8, 4) is 0 Å². The Morgan fingerprint density at radius 3 is 3.17 bits per heavy atom. The summed E-state index contributed by atoms with van der Waals surface area (Å²) in [7, 11) is 0. The van der Waals surface area contributed by atoms with E-state index < -0.39 is 0 Å². The summed E-state index contributed by atoms with van der Waals surface area (Å²) in [5.74, 6) is 5.61. The lowest BCUT2D eigenvalue weighted by Gasteiger charge is -1.81. The molecule has 0 radical (unpaired) electrons. The van der Waals surface area contributed by atoms with E-state index >= 15 is 0 Å². The van der Waals surface area contributed by atoms with Gasteiger partial charge in [0.2, 0.25) is 0 Å². The number of nitrogens with two attached hydrogens (primary N) is 1. The van der Waals surface area contributed by atoms with E-state index in [1.54, 1.807) is 0 Å². The molecule has 0 unspecified atom stereocenters. The molecule has 0 bridgehead atoms. The van der Waals surface area contributed by atoms with Crippen LogP contribution in [-0.2, 0) is 0 Å². The molecule has 58 valence electrons. The quantitative estimate of drug-likeness (QED) is 0.368. The third kappa shape index (κ3) is 0.492. The van der Waals surface area contributed by atoms with Crippen LogP contribution in [0.1, 0.15) is 0 Å². The lowest BCUT2D eigenvalue weighted by atomic mass is 10.2. The molecule has 2 N–H and O–H groups in total. The van der Waals surface area contributed by atoms with Crippen molar-refractivity contribution in [2.45, 2.75) is 0 Å². The van der Waals surface area contributed by atoms with Gasteiger partial charge in [-0.3, -0.25) is 0 Å². The first-order valence-corrected chi connectivity index (χ1v) is 3.73. The van der Waals surface area contributed by atoms with Gasteiger partial charge in [-0.15, -0.1) is 0 Å². The van der Waals surface area contributed by atoms with Crippen LogP contribution in [0.4, 0.5) is 0 Å². The number of aromatic nitrogens is 3. The second-order valence-corrected chi connectivity index (χ2v) is 2.80. The largest absolute Gasteiger partial charge is 0.167 e. The molecule has 0 aliphatic rings. The lowest BCUT2D eigenvalue weighted by Crippen LogP contribution is -2.51. The van der Waals surface area contributed by atoms with Crippen LogP contribution in [0, 0.1) is 0 Å². The Balaban J connectivity index is 2.77. The molecule has 4 nitrogen and oxygen atoms in total. The van der Waals surface area contributed by atoms with Crippen LogP contribution < -0.4 is 10.7 Å². The van der Waals surface area contributed by atoms with E-state index in [1.165, 1.54) is 10.3 Å². The second-order valence-electron chi connectivity index (χ2n) is 2.80. The van der Waals surface area contributed by atoms with Crippen LogP contribution in [0.25, 0.3) is 16.4 Å². The predicted molar refractivity (Wildman–Crippen MR) is 44.2 cm³/mol. The summed E-state index contributed by atoms with van der Waals surface area (Å²) in [5, 5.41) is 5.30. The maximum absolute atomic E-state index is 5.61. The Hall–Kier alpha value is -1.84. The smallest absolute Gasteiger partial charge is 0.156 e. The van der Waals surface area contributed by atoms with Crippen molar-refractivity contribution >= 4 is 16.4 Å². The highest BCUT2D eigenvalue weighted by Gasteiger charge is 2.14. The summed E-state index contributed by atoms with van der Waals surface area (Å²) in [5.41, 5.74) is 2.01. The summed E-state index contributed by atoms with van der Waals surface area (Å²) in [6.07, 6.45) is 1.91. The topological polar surface area (TPSA) is 47.2 Å². The fraction of sp³-hybridized carbons (Fsp3) is 0. The maximum Gasteiger partial charge on any atom is 0.167 e. The number of nitrogen functional groups attached to an aromatic ring is 1. The molecule has 0 aliphatic heterocycles. The first-order chi connectivity index (χ1) is 5.86. The van der Waals surface area contributed by atoms with Gasteiger partial charge in [-0.1, -0.05) is 16.6 Å². The van der Waals surface area contributed by atoms with Crippen LogP contribution in [0.5, 0.6) is 0 Å². The van der Waals surface area contributed by atoms with Gasteiger partial charge in [0.05, 0.1) is 11.3 Å². The van der Waals surface area contributed by atoms with Gasteiger partial charge in [-0.2, -0.15) is 5.84 Å². The highest BCUT2D eigenvalue weighted by Crippen LogP contribution is 2.17. The van der Waals surface area contributed by atoms with E-state index in [-0.39, 0.29) is 0 Å². The Morgan fingerprint density at radius 1 is 1.33 bits per heavy atom. The normalized spacial score (nSPS) is 11.7. The molecular formula is C8H7N4+. The van der Waals surface area contributed by atoms with Crippen LogP contribution in [-0.4, -0.2) is 9.61 Å². The summed E-state index contributed by atoms with van der Waals surface area (Å²) in [4.78, 5) is 1.34. The third-order valence-electron chi connectivity index (χ3n) is 2.10. The molecule has 1 aromatic carbocycles. The number of benzene rings is 1. The van der Waals surface area contributed by atoms with E-state index in [4.69, 9.17) is 5.84 Å². The zero-order valence-corrected chi connectivity index (χ0v) is 6.31. The summed E-state index contributed by atoms with van der Waals surface area (Å²) >= 11 is 0. The van der Waals surface area contributed by atoms with Crippen LogP contribution >= 0.6 is 0 Å². The second kappa shape index (κ2) is 1.66. The molecule has 0 saturated carbocycles. The fourth-order valence-electron chi connectivity index (χ4n) is 1.57. The monoisotopic (exact) mass is 159 g/mol. The van der Waals surface area contributed by atoms with E-state index in [0.29, 0.717) is 0 Å². The number of nitrogens with zero attached hydrogens (tertiary/aromatic N) is 3. The van der Waals surface area contributed by atoms with Crippen LogP contribution in [0.2, 0.25) is 0 Å². The van der Waals surface area contributed by atoms with Crippen molar-refractivity contribution in [1.82, 2.24) is 9.61 Å². The van der Waals surface area contributed by atoms with Gasteiger partial charge in [0.15, 0.2) is 5.52 Å². The molecule has 0 atom stereocenters. The fourth-order valence-corrected chi connectivity index (χ4v) is 1.57. The third-order valence-corrected chi connectivity index (χ3v) is 2.10. The average molecular weight is 159 g/mol. The van der Waals surface area contributed by atoms with Gasteiger partial charge in [0.1, 0.15) is 10.4 Å². The van der Waals surface area contributed by atoms with Crippen LogP contribution in [0.3, 0.4) is 0 Å². The van der Waals surface area contributed by atoms with Gasteiger partial charge < -0.3 is 0 Å². The van der Waals surface area contributed by atoms with Crippen molar-refractivity contribution in [3.63, 3.8) is 0 Å². The summed E-state index contributed by atoms with van der Waals surface area (Å²) in [6, 6.07) is 7.99. The molecular weight excluding hydrogens is 152 g/mol. The van der Waals surface area contributed by atoms with Crippen molar-refractivity contribution in [2.75, 3.05) is 5.84 Å². The van der Waals surface area contributed by atoms with Crippen molar-refractivity contribution in [3.05, 3.63) is 30.5 Å². The molecule has 3 aromatic rings. The van der Waals surface area contributed by atoms with Crippen molar-refractivity contribution in [1.29, 1.82) is 0 Å². The summed E-state index contributed by atoms with van der Waals surface area (Å²) in [6.45, 7) is 0. The first kappa shape index (κ1) is 5.77. The highest BCUT2D eigenvalue weighted by molar-refractivity contribution is 5.92. The zero-order valence-electron chi connectivity index (χ0n) is 6.31. The van der Waals surface area contributed by atoms with Gasteiger partial charge in [0, 0.05) is 5.39 Å². The van der Waals surface area contributed by atoms with E-state index in [1.807, 2.05) is 35.0 Å². The number of rotatable bonds is 0.